The predicted octanol–water partition coefficient (Wildman–Crippen LogP) is 3.50. The molecule has 25 heavy (non-hydrogen) atoms. The Morgan fingerprint density at radius 3 is 2.44 bits per heavy atom. The van der Waals surface area contributed by atoms with Crippen molar-refractivity contribution in [3.05, 3.63) is 77.8 Å². The molecule has 2 N–H and O–H groups in total. The van der Waals surface area contributed by atoms with Crippen LogP contribution in [0, 0.1) is 6.92 Å². The van der Waals surface area contributed by atoms with Crippen molar-refractivity contribution in [1.29, 1.82) is 0 Å². The van der Waals surface area contributed by atoms with E-state index in [0.717, 1.165) is 11.1 Å². The summed E-state index contributed by atoms with van der Waals surface area (Å²) in [7, 11) is 0. The van der Waals surface area contributed by atoms with Crippen molar-refractivity contribution < 1.29 is 14.3 Å². The van der Waals surface area contributed by atoms with Crippen molar-refractivity contribution in [2.45, 2.75) is 19.4 Å². The van der Waals surface area contributed by atoms with Gasteiger partial charge in [-0.15, -0.1) is 0 Å². The monoisotopic (exact) mass is 336 g/mol. The average molecular weight is 336 g/mol. The van der Waals surface area contributed by atoms with E-state index in [0.29, 0.717) is 24.6 Å². The highest BCUT2D eigenvalue weighted by atomic mass is 16.4. The Morgan fingerprint density at radius 2 is 1.76 bits per heavy atom. The third-order valence-electron chi connectivity index (χ3n) is 3.87. The molecule has 128 valence electrons. The number of carbonyl (C=O) groups is 1. The quantitative estimate of drug-likeness (QED) is 0.722. The fourth-order valence-electron chi connectivity index (χ4n) is 2.61. The van der Waals surface area contributed by atoms with Gasteiger partial charge in [-0.2, -0.15) is 0 Å². The molecule has 1 heterocycles. The van der Waals surface area contributed by atoms with E-state index in [2.05, 4.69) is 10.3 Å². The highest BCUT2D eigenvalue weighted by Crippen LogP contribution is 2.24. The van der Waals surface area contributed by atoms with Crippen LogP contribution in [-0.4, -0.2) is 22.5 Å². The number of aromatic nitrogens is 1. The molecule has 0 radical (unpaired) electrons. The molecule has 0 aliphatic carbocycles. The van der Waals surface area contributed by atoms with Gasteiger partial charge in [-0.1, -0.05) is 60.7 Å². The van der Waals surface area contributed by atoms with Gasteiger partial charge in [0, 0.05) is 19.0 Å². The van der Waals surface area contributed by atoms with E-state index >= 15 is 0 Å². The Balaban J connectivity index is 1.64. The van der Waals surface area contributed by atoms with Gasteiger partial charge >= 0.3 is 0 Å². The predicted molar refractivity (Wildman–Crippen MR) is 95.0 cm³/mol. The number of carbonyl (C=O) groups excluding carboxylic acids is 1. The van der Waals surface area contributed by atoms with E-state index in [-0.39, 0.29) is 11.6 Å². The summed E-state index contributed by atoms with van der Waals surface area (Å²) < 4.78 is 5.60. The number of rotatable bonds is 6. The van der Waals surface area contributed by atoms with Crippen LogP contribution < -0.4 is 5.32 Å². The Hall–Kier alpha value is -2.92. The van der Waals surface area contributed by atoms with Gasteiger partial charge in [0.15, 0.2) is 17.3 Å². The molecule has 5 heteroatoms. The zero-order chi connectivity index (χ0) is 17.6. The maximum Gasteiger partial charge on any atom is 0.273 e. The SMILES string of the molecule is Cc1nc(C(=O)NCC[C@@H](O)c2ccccc2)c(-c2ccccc2)o1. The molecule has 1 amide bonds. The second kappa shape index (κ2) is 7.77. The number of nitrogens with zero attached hydrogens (tertiary/aromatic N) is 1. The van der Waals surface area contributed by atoms with Crippen molar-refractivity contribution in [2.24, 2.45) is 0 Å². The molecule has 0 fully saturated rings. The minimum absolute atomic E-state index is 0.262. The number of aliphatic hydroxyl groups is 1. The third kappa shape index (κ3) is 4.14. The lowest BCUT2D eigenvalue weighted by Gasteiger charge is -2.11. The van der Waals surface area contributed by atoms with Crippen LogP contribution in [0.5, 0.6) is 0 Å². The van der Waals surface area contributed by atoms with E-state index < -0.39 is 6.10 Å². The molecule has 0 aliphatic heterocycles. The molecule has 3 aromatic rings. The van der Waals surface area contributed by atoms with Gasteiger partial charge in [-0.25, -0.2) is 4.98 Å². The van der Waals surface area contributed by atoms with E-state index in [1.54, 1.807) is 6.92 Å². The number of aliphatic hydroxyl groups excluding tert-OH is 1. The number of benzene rings is 2. The number of hydrogen-bond acceptors (Lipinski definition) is 4. The molecule has 0 spiro atoms. The first kappa shape index (κ1) is 16.9. The Morgan fingerprint density at radius 1 is 1.12 bits per heavy atom. The second-order valence-corrected chi connectivity index (χ2v) is 5.75. The van der Waals surface area contributed by atoms with E-state index in [9.17, 15) is 9.90 Å². The standard InChI is InChI=1S/C20H20N2O3/c1-14-22-18(19(25-14)16-10-6-3-7-11-16)20(24)21-13-12-17(23)15-8-4-2-5-9-15/h2-11,17,23H,12-13H2,1H3,(H,21,24)/t17-/m1/s1. The summed E-state index contributed by atoms with van der Waals surface area (Å²) in [6.45, 7) is 2.05. The zero-order valence-electron chi connectivity index (χ0n) is 14.0. The summed E-state index contributed by atoms with van der Waals surface area (Å²) in [5, 5.41) is 13.0. The molecule has 0 saturated heterocycles. The molecule has 1 atom stereocenters. The van der Waals surface area contributed by atoms with Crippen LogP contribution in [0.1, 0.15) is 34.5 Å². The van der Waals surface area contributed by atoms with Crippen LogP contribution in [-0.2, 0) is 0 Å². The van der Waals surface area contributed by atoms with Gasteiger partial charge in [-0.3, -0.25) is 4.79 Å². The van der Waals surface area contributed by atoms with Crippen molar-refractivity contribution >= 4 is 5.91 Å². The van der Waals surface area contributed by atoms with Crippen molar-refractivity contribution in [1.82, 2.24) is 10.3 Å². The number of nitrogens with one attached hydrogen (secondary N) is 1. The Kier molecular flexibility index (Phi) is 5.26. The average Bonchev–Trinajstić information content (AvgIpc) is 3.05. The summed E-state index contributed by atoms with van der Waals surface area (Å²) in [4.78, 5) is 16.7. The molecule has 3 rings (SSSR count). The molecule has 0 saturated carbocycles. The fraction of sp³-hybridized carbons (Fsp3) is 0.200. The van der Waals surface area contributed by atoms with Crippen LogP contribution in [0.15, 0.2) is 65.1 Å². The molecule has 1 aromatic heterocycles. The van der Waals surface area contributed by atoms with Gasteiger partial charge in [0.2, 0.25) is 0 Å². The van der Waals surface area contributed by atoms with Crippen LogP contribution in [0.25, 0.3) is 11.3 Å². The van der Waals surface area contributed by atoms with Crippen molar-refractivity contribution in [3.63, 3.8) is 0 Å². The zero-order valence-corrected chi connectivity index (χ0v) is 14.0. The third-order valence-corrected chi connectivity index (χ3v) is 3.87. The molecular formula is C20H20N2O3. The molecule has 0 aliphatic rings. The molecular weight excluding hydrogens is 316 g/mol. The Labute approximate surface area is 146 Å². The smallest absolute Gasteiger partial charge is 0.273 e. The molecule has 0 bridgehead atoms. The van der Waals surface area contributed by atoms with Gasteiger partial charge in [-0.05, 0) is 12.0 Å². The highest BCUT2D eigenvalue weighted by molar-refractivity contribution is 5.97. The van der Waals surface area contributed by atoms with Crippen LogP contribution in [0.4, 0.5) is 0 Å². The maximum absolute atomic E-state index is 12.5. The largest absolute Gasteiger partial charge is 0.440 e. The first-order valence-corrected chi connectivity index (χ1v) is 8.19. The molecule has 5 nitrogen and oxygen atoms in total. The van der Waals surface area contributed by atoms with Crippen molar-refractivity contribution in [2.75, 3.05) is 6.54 Å². The summed E-state index contributed by atoms with van der Waals surface area (Å²) in [6.07, 6.45) is -0.193. The van der Waals surface area contributed by atoms with Gasteiger partial charge in [0.1, 0.15) is 0 Å². The molecule has 2 aromatic carbocycles. The lowest BCUT2D eigenvalue weighted by molar-refractivity contribution is 0.0938. The van der Waals surface area contributed by atoms with Gasteiger partial charge in [0.25, 0.3) is 5.91 Å². The topological polar surface area (TPSA) is 75.4 Å². The first-order valence-electron chi connectivity index (χ1n) is 8.19. The highest BCUT2D eigenvalue weighted by Gasteiger charge is 2.20. The number of amides is 1. The Bertz CT molecular complexity index is 829. The molecule has 0 unspecified atom stereocenters. The van der Waals surface area contributed by atoms with E-state index in [4.69, 9.17) is 4.42 Å². The summed E-state index contributed by atoms with van der Waals surface area (Å²) in [5.74, 6) is 0.587. The number of hydrogen-bond donors (Lipinski definition) is 2. The number of oxazole rings is 1. The summed E-state index contributed by atoms with van der Waals surface area (Å²) in [5.41, 5.74) is 1.90. The maximum atomic E-state index is 12.5. The van der Waals surface area contributed by atoms with Gasteiger partial charge in [0.05, 0.1) is 6.10 Å². The summed E-state index contributed by atoms with van der Waals surface area (Å²) >= 11 is 0. The van der Waals surface area contributed by atoms with E-state index in [1.165, 1.54) is 0 Å². The van der Waals surface area contributed by atoms with Crippen LogP contribution in [0.2, 0.25) is 0 Å². The normalized spacial score (nSPS) is 11.9. The minimum Gasteiger partial charge on any atom is -0.440 e. The first-order chi connectivity index (χ1) is 12.1. The van der Waals surface area contributed by atoms with Crippen LogP contribution >= 0.6 is 0 Å². The lowest BCUT2D eigenvalue weighted by atomic mass is 10.1. The number of aryl methyl sites for hydroxylation is 1. The summed E-state index contributed by atoms with van der Waals surface area (Å²) in [6, 6.07) is 18.8. The fourth-order valence-corrected chi connectivity index (χ4v) is 2.61. The van der Waals surface area contributed by atoms with Gasteiger partial charge < -0.3 is 14.8 Å². The minimum atomic E-state index is -0.617. The van der Waals surface area contributed by atoms with Crippen molar-refractivity contribution in [3.8, 4) is 11.3 Å². The van der Waals surface area contributed by atoms with Crippen LogP contribution in [0.3, 0.4) is 0 Å². The van der Waals surface area contributed by atoms with E-state index in [1.807, 2.05) is 60.7 Å². The lowest BCUT2D eigenvalue weighted by Crippen LogP contribution is -2.26. The second-order valence-electron chi connectivity index (χ2n) is 5.75.